The van der Waals surface area contributed by atoms with E-state index in [0.717, 1.165) is 11.1 Å². The minimum atomic E-state index is -0.444. The standard InChI is InChI=1S/C11H12N2O3/c1-8(9(2)12-14)7-10-3-5-11(6-4-10)13(15)16/h3-7,14H,1-2H3/b8-7+,12-9-. The average Bonchev–Trinajstić information content (AvgIpc) is 2.28. The number of hydrogen-bond donors (Lipinski definition) is 1. The topological polar surface area (TPSA) is 75.7 Å². The smallest absolute Gasteiger partial charge is 0.269 e. The summed E-state index contributed by atoms with van der Waals surface area (Å²) in [7, 11) is 0. The summed E-state index contributed by atoms with van der Waals surface area (Å²) in [5.74, 6) is 0. The monoisotopic (exact) mass is 220 g/mol. The van der Waals surface area contributed by atoms with Gasteiger partial charge in [-0.1, -0.05) is 11.2 Å². The molecular weight excluding hydrogens is 208 g/mol. The van der Waals surface area contributed by atoms with E-state index in [9.17, 15) is 10.1 Å². The Bertz CT molecular complexity index is 447. The fourth-order valence-electron chi connectivity index (χ4n) is 1.13. The largest absolute Gasteiger partial charge is 0.411 e. The van der Waals surface area contributed by atoms with Gasteiger partial charge in [0.1, 0.15) is 0 Å². The van der Waals surface area contributed by atoms with Crippen LogP contribution in [0.3, 0.4) is 0 Å². The van der Waals surface area contributed by atoms with Gasteiger partial charge in [-0.15, -0.1) is 0 Å². The first kappa shape index (κ1) is 11.9. The molecule has 0 aliphatic rings. The summed E-state index contributed by atoms with van der Waals surface area (Å²) >= 11 is 0. The predicted octanol–water partition coefficient (Wildman–Crippen LogP) is 2.85. The highest BCUT2D eigenvalue weighted by Gasteiger charge is 2.03. The van der Waals surface area contributed by atoms with Crippen molar-refractivity contribution in [3.63, 3.8) is 0 Å². The highest BCUT2D eigenvalue weighted by molar-refractivity contribution is 6.01. The van der Waals surface area contributed by atoms with Crippen LogP contribution in [0.4, 0.5) is 5.69 Å². The molecule has 0 amide bonds. The quantitative estimate of drug-likeness (QED) is 0.368. The van der Waals surface area contributed by atoms with Gasteiger partial charge in [-0.3, -0.25) is 10.1 Å². The second kappa shape index (κ2) is 5.06. The molecule has 5 nitrogen and oxygen atoms in total. The summed E-state index contributed by atoms with van der Waals surface area (Å²) in [6, 6.07) is 6.16. The number of nitro benzene ring substituents is 1. The van der Waals surface area contributed by atoms with E-state index in [4.69, 9.17) is 5.21 Å². The van der Waals surface area contributed by atoms with Crippen LogP contribution in [-0.2, 0) is 0 Å². The van der Waals surface area contributed by atoms with Crippen molar-refractivity contribution in [2.24, 2.45) is 5.16 Å². The Labute approximate surface area is 92.9 Å². The van der Waals surface area contributed by atoms with E-state index in [1.54, 1.807) is 32.1 Å². The molecule has 16 heavy (non-hydrogen) atoms. The van der Waals surface area contributed by atoms with Gasteiger partial charge < -0.3 is 5.21 Å². The van der Waals surface area contributed by atoms with E-state index in [1.165, 1.54) is 12.1 Å². The van der Waals surface area contributed by atoms with Crippen LogP contribution in [0.5, 0.6) is 0 Å². The first-order valence-corrected chi connectivity index (χ1v) is 4.66. The number of non-ortho nitro benzene ring substituents is 1. The molecule has 0 radical (unpaired) electrons. The Hall–Kier alpha value is -2.17. The van der Waals surface area contributed by atoms with Crippen LogP contribution in [0.25, 0.3) is 6.08 Å². The molecule has 0 bridgehead atoms. The number of benzene rings is 1. The number of rotatable bonds is 3. The third-order valence-electron chi connectivity index (χ3n) is 2.21. The Balaban J connectivity index is 2.95. The van der Waals surface area contributed by atoms with Crippen molar-refractivity contribution in [1.29, 1.82) is 0 Å². The molecule has 1 rings (SSSR count). The zero-order valence-corrected chi connectivity index (χ0v) is 9.04. The van der Waals surface area contributed by atoms with Crippen molar-refractivity contribution in [3.05, 3.63) is 45.5 Å². The Morgan fingerprint density at radius 2 is 1.94 bits per heavy atom. The van der Waals surface area contributed by atoms with Gasteiger partial charge in [0.05, 0.1) is 10.6 Å². The molecule has 0 atom stereocenters. The first-order valence-electron chi connectivity index (χ1n) is 4.66. The second-order valence-electron chi connectivity index (χ2n) is 3.36. The third-order valence-corrected chi connectivity index (χ3v) is 2.21. The van der Waals surface area contributed by atoms with Crippen molar-refractivity contribution in [3.8, 4) is 0 Å². The van der Waals surface area contributed by atoms with E-state index < -0.39 is 4.92 Å². The third kappa shape index (κ3) is 2.91. The maximum absolute atomic E-state index is 10.4. The van der Waals surface area contributed by atoms with Crippen molar-refractivity contribution in [2.45, 2.75) is 13.8 Å². The summed E-state index contributed by atoms with van der Waals surface area (Å²) < 4.78 is 0. The summed E-state index contributed by atoms with van der Waals surface area (Å²) in [6.07, 6.45) is 1.79. The Kier molecular flexibility index (Phi) is 3.77. The molecule has 0 heterocycles. The van der Waals surface area contributed by atoms with Crippen LogP contribution in [0.1, 0.15) is 19.4 Å². The van der Waals surface area contributed by atoms with Gasteiger partial charge in [0.2, 0.25) is 0 Å². The second-order valence-corrected chi connectivity index (χ2v) is 3.36. The minimum absolute atomic E-state index is 0.0577. The van der Waals surface area contributed by atoms with Crippen molar-refractivity contribution in [2.75, 3.05) is 0 Å². The lowest BCUT2D eigenvalue weighted by molar-refractivity contribution is -0.384. The SMILES string of the molecule is CC(=N/O)/C(C)=C/c1ccc([N+](=O)[O-])cc1. The first-order chi connectivity index (χ1) is 7.54. The normalized spacial score (nSPS) is 12.6. The Morgan fingerprint density at radius 3 is 2.38 bits per heavy atom. The molecule has 1 N–H and O–H groups in total. The lowest BCUT2D eigenvalue weighted by Gasteiger charge is -1.98. The van der Waals surface area contributed by atoms with Gasteiger partial charge >= 0.3 is 0 Å². The van der Waals surface area contributed by atoms with Crippen LogP contribution in [0.2, 0.25) is 0 Å². The van der Waals surface area contributed by atoms with E-state index in [1.807, 2.05) is 0 Å². The maximum atomic E-state index is 10.4. The summed E-state index contributed by atoms with van der Waals surface area (Å²) in [5.41, 5.74) is 2.20. The highest BCUT2D eigenvalue weighted by Crippen LogP contribution is 2.14. The van der Waals surface area contributed by atoms with Crippen LogP contribution in [0, 0.1) is 10.1 Å². The van der Waals surface area contributed by atoms with Crippen molar-refractivity contribution in [1.82, 2.24) is 0 Å². The lowest BCUT2D eigenvalue weighted by Crippen LogP contribution is -1.92. The molecule has 0 spiro atoms. The average molecular weight is 220 g/mol. The molecule has 0 aliphatic heterocycles. The van der Waals surface area contributed by atoms with Gasteiger partial charge in [0.25, 0.3) is 5.69 Å². The van der Waals surface area contributed by atoms with Crippen LogP contribution >= 0.6 is 0 Å². The number of hydrogen-bond acceptors (Lipinski definition) is 4. The number of allylic oxidation sites excluding steroid dienone is 1. The predicted molar refractivity (Wildman–Crippen MR) is 61.6 cm³/mol. The van der Waals surface area contributed by atoms with Gasteiger partial charge in [0.15, 0.2) is 0 Å². The molecule has 0 unspecified atom stereocenters. The fourth-order valence-corrected chi connectivity index (χ4v) is 1.13. The van der Waals surface area contributed by atoms with Gasteiger partial charge in [-0.05, 0) is 37.1 Å². The van der Waals surface area contributed by atoms with Gasteiger partial charge in [-0.25, -0.2) is 0 Å². The molecule has 0 saturated heterocycles. The highest BCUT2D eigenvalue weighted by atomic mass is 16.6. The molecule has 0 saturated carbocycles. The van der Waals surface area contributed by atoms with Crippen LogP contribution < -0.4 is 0 Å². The molecule has 1 aromatic rings. The number of oxime groups is 1. The Morgan fingerprint density at radius 1 is 1.38 bits per heavy atom. The van der Waals surface area contributed by atoms with E-state index in [2.05, 4.69) is 5.16 Å². The van der Waals surface area contributed by atoms with E-state index in [0.29, 0.717) is 5.71 Å². The van der Waals surface area contributed by atoms with E-state index in [-0.39, 0.29) is 5.69 Å². The zero-order chi connectivity index (χ0) is 12.1. The number of nitrogens with zero attached hydrogens (tertiary/aromatic N) is 2. The number of nitro groups is 1. The molecular formula is C11H12N2O3. The van der Waals surface area contributed by atoms with Gasteiger partial charge in [-0.2, -0.15) is 0 Å². The summed E-state index contributed by atoms with van der Waals surface area (Å²) in [6.45, 7) is 3.48. The fraction of sp³-hybridized carbons (Fsp3) is 0.182. The minimum Gasteiger partial charge on any atom is -0.411 e. The lowest BCUT2D eigenvalue weighted by atomic mass is 10.1. The van der Waals surface area contributed by atoms with Crippen LogP contribution in [0.15, 0.2) is 35.0 Å². The molecule has 0 aromatic heterocycles. The molecule has 1 aromatic carbocycles. The van der Waals surface area contributed by atoms with Crippen molar-refractivity contribution >= 4 is 17.5 Å². The molecule has 5 heteroatoms. The van der Waals surface area contributed by atoms with Crippen molar-refractivity contribution < 1.29 is 10.1 Å². The molecule has 84 valence electrons. The van der Waals surface area contributed by atoms with Gasteiger partial charge in [0, 0.05) is 12.1 Å². The summed E-state index contributed by atoms with van der Waals surface area (Å²) in [5, 5.41) is 22.1. The molecule has 0 fully saturated rings. The van der Waals surface area contributed by atoms with Crippen LogP contribution in [-0.4, -0.2) is 15.8 Å². The maximum Gasteiger partial charge on any atom is 0.269 e. The molecule has 0 aliphatic carbocycles. The summed E-state index contributed by atoms with van der Waals surface area (Å²) in [4.78, 5) is 9.98. The van der Waals surface area contributed by atoms with E-state index >= 15 is 0 Å². The zero-order valence-electron chi connectivity index (χ0n) is 9.04.